The minimum absolute atomic E-state index is 0.0535. The molecule has 0 bridgehead atoms. The van der Waals surface area contributed by atoms with Crippen LogP contribution < -0.4 is 4.74 Å². The number of aromatic nitrogens is 3. The van der Waals surface area contributed by atoms with Crippen LogP contribution in [0.2, 0.25) is 0 Å². The maximum absolute atomic E-state index is 13.0. The highest BCUT2D eigenvalue weighted by atomic mass is 32.2. The summed E-state index contributed by atoms with van der Waals surface area (Å²) in [6.45, 7) is 1.49. The average molecular weight is 1060 g/mol. The topological polar surface area (TPSA) is 372 Å². The number of fused-ring (bicyclic) bond motifs is 2. The number of nitrogens with zero attached hydrogens (tertiary/aromatic N) is 9. The number of benzene rings is 6. The van der Waals surface area contributed by atoms with Crippen molar-refractivity contribution in [3.05, 3.63) is 115 Å². The zero-order chi connectivity index (χ0) is 51.0. The molecule has 0 aliphatic rings. The number of rotatable bonds is 16. The predicted molar refractivity (Wildman–Crippen MR) is 256 cm³/mol. The number of aromatic hydroxyl groups is 2. The molecule has 24 nitrogen and oxygen atoms in total. The van der Waals surface area contributed by atoms with Gasteiger partial charge >= 0.3 is 0 Å². The van der Waals surface area contributed by atoms with Crippen molar-refractivity contribution in [3.63, 3.8) is 0 Å². The Morgan fingerprint density at radius 3 is 2.00 bits per heavy atom. The highest BCUT2D eigenvalue weighted by molar-refractivity contribution is 7.87. The van der Waals surface area contributed by atoms with Crippen LogP contribution in [-0.4, -0.2) is 89.2 Å². The fraction of sp³-hybridized carbons (Fsp3) is 0.0952. The first kappa shape index (κ1) is 49.9. The Bertz CT molecular complexity index is 3960. The van der Waals surface area contributed by atoms with E-state index in [0.717, 1.165) is 28.4 Å². The molecule has 0 aliphatic heterocycles. The Morgan fingerprint density at radius 2 is 1.31 bits per heavy atom. The molecule has 8 rings (SSSR count). The smallest absolute Gasteiger partial charge is 0.297 e. The van der Waals surface area contributed by atoms with Gasteiger partial charge in [-0.1, -0.05) is 59.9 Å². The van der Waals surface area contributed by atoms with Gasteiger partial charge in [-0.3, -0.25) is 18.2 Å². The SMILES string of the molecule is Cc1cc(N=Nc2ccc3c(S(=O)(=O)O)c(N=Nc4c(-c5ccccc5)nn(-c5ccc(S(=O)(=O)O)cc5S(=O)(=O)O)c4O)ccc3c2O)c(OCCCS(=O)(=O)O)cc1N=Nc1nc2ccccc2s1. The first-order valence-corrected chi connectivity index (χ1v) is 26.8. The van der Waals surface area contributed by atoms with Gasteiger partial charge in [-0.05, 0) is 73.5 Å². The summed E-state index contributed by atoms with van der Waals surface area (Å²) in [5.41, 5.74) is -0.161. The summed E-state index contributed by atoms with van der Waals surface area (Å²) >= 11 is 1.31. The Morgan fingerprint density at radius 1 is 0.648 bits per heavy atom. The molecule has 366 valence electrons. The van der Waals surface area contributed by atoms with E-state index >= 15 is 0 Å². The van der Waals surface area contributed by atoms with Gasteiger partial charge in [-0.15, -0.1) is 30.7 Å². The van der Waals surface area contributed by atoms with Crippen molar-refractivity contribution >= 4 is 106 Å². The van der Waals surface area contributed by atoms with E-state index < -0.39 is 89.6 Å². The molecule has 6 N–H and O–H groups in total. The first-order chi connectivity index (χ1) is 33.5. The molecule has 2 aromatic heterocycles. The van der Waals surface area contributed by atoms with E-state index in [4.69, 9.17) is 4.74 Å². The Kier molecular flexibility index (Phi) is 13.6. The summed E-state index contributed by atoms with van der Waals surface area (Å²) in [5.74, 6) is -2.11. The van der Waals surface area contributed by atoms with Gasteiger partial charge in [-0.2, -0.15) is 43.5 Å². The second-order valence-corrected chi connectivity index (χ2v) is 21.7. The van der Waals surface area contributed by atoms with Gasteiger partial charge < -0.3 is 14.9 Å². The van der Waals surface area contributed by atoms with Crippen molar-refractivity contribution in [2.24, 2.45) is 30.7 Å². The normalized spacial score (nSPS) is 12.9. The number of phenols is 1. The van der Waals surface area contributed by atoms with E-state index in [0.29, 0.717) is 27.1 Å². The minimum Gasteiger partial charge on any atom is -0.505 e. The molecule has 0 fully saturated rings. The quantitative estimate of drug-likeness (QED) is 0.0298. The third kappa shape index (κ3) is 11.1. The molecule has 0 saturated carbocycles. The van der Waals surface area contributed by atoms with Crippen molar-refractivity contribution in [3.8, 4) is 34.3 Å². The lowest BCUT2D eigenvalue weighted by molar-refractivity contribution is 0.317. The highest BCUT2D eigenvalue weighted by Gasteiger charge is 2.28. The van der Waals surface area contributed by atoms with E-state index in [1.807, 2.05) is 24.3 Å². The molecule has 71 heavy (non-hydrogen) atoms. The molecule has 2 heterocycles. The highest BCUT2D eigenvalue weighted by Crippen LogP contribution is 2.45. The van der Waals surface area contributed by atoms with Crippen LogP contribution in [0.3, 0.4) is 0 Å². The lowest BCUT2D eigenvalue weighted by Gasteiger charge is -2.11. The molecule has 0 amide bonds. The molecule has 29 heteroatoms. The van der Waals surface area contributed by atoms with Gasteiger partial charge in [0.05, 0.1) is 38.8 Å². The maximum atomic E-state index is 13.0. The Labute approximate surface area is 406 Å². The molecule has 0 spiro atoms. The molecular weight excluding hydrogens is 1030 g/mol. The first-order valence-electron chi connectivity index (χ1n) is 20.0. The Hall–Kier alpha value is -7.48. The van der Waals surface area contributed by atoms with E-state index in [2.05, 4.69) is 40.8 Å². The van der Waals surface area contributed by atoms with Gasteiger partial charge in [0.15, 0.2) is 11.4 Å². The average Bonchev–Trinajstić information content (AvgIpc) is 3.88. The third-order valence-corrected chi connectivity index (χ3v) is 14.5. The van der Waals surface area contributed by atoms with Crippen LogP contribution in [0.1, 0.15) is 12.0 Å². The van der Waals surface area contributed by atoms with Gasteiger partial charge in [-0.25, -0.2) is 4.98 Å². The molecule has 0 atom stereocenters. The maximum Gasteiger partial charge on any atom is 0.297 e. The zero-order valence-electron chi connectivity index (χ0n) is 35.9. The number of azo groups is 3. The van der Waals surface area contributed by atoms with Crippen LogP contribution in [0, 0.1) is 6.92 Å². The number of hydrogen-bond acceptors (Lipinski definition) is 20. The standard InChI is InChI=1S/C42H33N9O15S5/c1-23-20-32(34(66-18-7-19-68(54,55)56)22-31(23)46-49-42-43-28-10-5-6-11-35(28)67-42)47-44-29-15-14-27-26(39(29)52)13-16-30(40(27)71(63,64)65)45-48-38-37(24-8-3-2-4-9-24)50-51(41(38)53)33-17-12-25(69(57,58)59)21-36(33)70(60,61)62/h2-6,8-17,20-22,52-53H,7,18-19H2,1H3,(H,54,55,56)(H,57,58,59)(H,60,61,62)(H,63,64,65). The van der Waals surface area contributed by atoms with Crippen LogP contribution in [0.4, 0.5) is 33.6 Å². The monoisotopic (exact) mass is 1060 g/mol. The molecular formula is C42H33N9O15S5. The van der Waals surface area contributed by atoms with E-state index in [-0.39, 0.29) is 52.2 Å². The van der Waals surface area contributed by atoms with Gasteiger partial charge in [0.25, 0.3) is 40.5 Å². The summed E-state index contributed by atoms with van der Waals surface area (Å²) in [4.78, 5) is 1.54. The number of ether oxygens (including phenoxy) is 1. The predicted octanol–water partition coefficient (Wildman–Crippen LogP) is 9.66. The van der Waals surface area contributed by atoms with E-state index in [1.165, 1.54) is 53.8 Å². The van der Waals surface area contributed by atoms with Gasteiger partial charge in [0.2, 0.25) is 11.0 Å². The van der Waals surface area contributed by atoms with Crippen LogP contribution in [0.15, 0.2) is 155 Å². The number of phenolic OH excluding ortho intramolecular Hbond substituents is 1. The molecule has 0 saturated heterocycles. The zero-order valence-corrected chi connectivity index (χ0v) is 40.0. The van der Waals surface area contributed by atoms with Crippen LogP contribution in [0.5, 0.6) is 17.4 Å². The number of hydrogen-bond donors (Lipinski definition) is 6. The van der Waals surface area contributed by atoms with Crippen molar-refractivity contribution in [1.29, 1.82) is 0 Å². The fourth-order valence-electron chi connectivity index (χ4n) is 6.86. The molecule has 8 aromatic rings. The van der Waals surface area contributed by atoms with Crippen molar-refractivity contribution in [1.82, 2.24) is 14.8 Å². The van der Waals surface area contributed by atoms with Crippen molar-refractivity contribution in [2.75, 3.05) is 12.4 Å². The summed E-state index contributed by atoms with van der Waals surface area (Å²) in [6.07, 6.45) is -0.109. The van der Waals surface area contributed by atoms with Crippen LogP contribution in [0.25, 0.3) is 37.9 Å². The molecule has 0 aliphatic carbocycles. The van der Waals surface area contributed by atoms with Gasteiger partial charge in [0.1, 0.15) is 38.3 Å². The number of aryl methyl sites for hydroxylation is 1. The largest absolute Gasteiger partial charge is 0.505 e. The van der Waals surface area contributed by atoms with Crippen LogP contribution in [-0.2, 0) is 40.5 Å². The summed E-state index contributed by atoms with van der Waals surface area (Å²) in [5, 5.41) is 52.1. The lowest BCUT2D eigenvalue weighted by Crippen LogP contribution is -2.09. The van der Waals surface area contributed by atoms with E-state index in [9.17, 15) is 62.1 Å². The third-order valence-electron chi connectivity index (χ3n) is 10.1. The minimum atomic E-state index is -5.27. The second-order valence-electron chi connectivity index (χ2n) is 15.0. The Balaban J connectivity index is 1.17. The summed E-state index contributed by atoms with van der Waals surface area (Å²) in [6, 6.07) is 24.8. The number of para-hydroxylation sites is 1. The lowest BCUT2D eigenvalue weighted by atomic mass is 10.1. The van der Waals surface area contributed by atoms with Gasteiger partial charge in [0, 0.05) is 22.4 Å². The van der Waals surface area contributed by atoms with Crippen molar-refractivity contribution < 1.29 is 66.8 Å². The van der Waals surface area contributed by atoms with Crippen LogP contribution >= 0.6 is 11.3 Å². The molecule has 6 aromatic carbocycles. The summed E-state index contributed by atoms with van der Waals surface area (Å²) in [7, 11) is -19.8. The van der Waals surface area contributed by atoms with Crippen molar-refractivity contribution in [2.45, 2.75) is 28.0 Å². The molecule has 0 unspecified atom stereocenters. The molecule has 0 radical (unpaired) electrons. The fourth-order valence-corrected chi connectivity index (χ4v) is 10.2. The number of thiazole rings is 1. The van der Waals surface area contributed by atoms with E-state index in [1.54, 1.807) is 25.1 Å². The summed E-state index contributed by atoms with van der Waals surface area (Å²) < 4.78 is 144. The second kappa shape index (κ2) is 19.4.